The standard InChI is InChI=1S/C20H34N4O/c1-15(12-13-20(2,3)4)23-19(21-5)22-14-16-8-10-17(11-9-16)18(25)24(6)7/h8-11,15H,12-14H2,1-7H3,(H2,21,22,23). The summed E-state index contributed by atoms with van der Waals surface area (Å²) in [6.45, 7) is 9.63. The summed E-state index contributed by atoms with van der Waals surface area (Å²) in [5.41, 5.74) is 2.16. The van der Waals surface area contributed by atoms with E-state index in [9.17, 15) is 4.79 Å². The second-order valence-electron chi connectivity index (χ2n) is 7.97. The van der Waals surface area contributed by atoms with Gasteiger partial charge in [-0.1, -0.05) is 32.9 Å². The van der Waals surface area contributed by atoms with Crippen molar-refractivity contribution in [1.82, 2.24) is 15.5 Å². The molecule has 0 saturated heterocycles. The van der Waals surface area contributed by atoms with Gasteiger partial charge in [0.15, 0.2) is 5.96 Å². The van der Waals surface area contributed by atoms with E-state index in [-0.39, 0.29) is 5.91 Å². The fourth-order valence-electron chi connectivity index (χ4n) is 2.36. The summed E-state index contributed by atoms with van der Waals surface area (Å²) in [7, 11) is 5.30. The van der Waals surface area contributed by atoms with Gasteiger partial charge in [-0.05, 0) is 42.9 Å². The Kier molecular flexibility index (Phi) is 7.94. The average Bonchev–Trinajstić information content (AvgIpc) is 2.55. The van der Waals surface area contributed by atoms with Crippen molar-refractivity contribution in [2.45, 2.75) is 53.1 Å². The first-order chi connectivity index (χ1) is 11.6. The highest BCUT2D eigenvalue weighted by molar-refractivity contribution is 5.93. The number of rotatable bonds is 6. The Labute approximate surface area is 152 Å². The lowest BCUT2D eigenvalue weighted by molar-refractivity contribution is 0.0827. The number of guanidine groups is 1. The molecule has 0 heterocycles. The van der Waals surface area contributed by atoms with E-state index in [0.29, 0.717) is 23.6 Å². The van der Waals surface area contributed by atoms with E-state index in [4.69, 9.17) is 0 Å². The second-order valence-corrected chi connectivity index (χ2v) is 7.97. The Hall–Kier alpha value is -2.04. The number of nitrogens with one attached hydrogen (secondary N) is 2. The number of hydrogen-bond donors (Lipinski definition) is 2. The molecular weight excluding hydrogens is 312 g/mol. The molecule has 1 aromatic rings. The minimum atomic E-state index is 0.0182. The number of nitrogens with zero attached hydrogens (tertiary/aromatic N) is 2. The molecule has 0 aromatic heterocycles. The van der Waals surface area contributed by atoms with E-state index in [0.717, 1.165) is 17.9 Å². The van der Waals surface area contributed by atoms with Gasteiger partial charge in [0.1, 0.15) is 0 Å². The van der Waals surface area contributed by atoms with Gasteiger partial charge in [0.2, 0.25) is 0 Å². The minimum absolute atomic E-state index is 0.0182. The van der Waals surface area contributed by atoms with Gasteiger partial charge < -0.3 is 15.5 Å². The molecular formula is C20H34N4O. The first-order valence-corrected chi connectivity index (χ1v) is 8.90. The van der Waals surface area contributed by atoms with E-state index in [1.165, 1.54) is 6.42 Å². The summed E-state index contributed by atoms with van der Waals surface area (Å²) in [5, 5.41) is 6.76. The predicted molar refractivity (Wildman–Crippen MR) is 106 cm³/mol. The van der Waals surface area contributed by atoms with Crippen LogP contribution < -0.4 is 10.6 Å². The molecule has 1 unspecified atom stereocenters. The lowest BCUT2D eigenvalue weighted by Crippen LogP contribution is -2.42. The number of carbonyl (C=O) groups excluding carboxylic acids is 1. The highest BCUT2D eigenvalue weighted by atomic mass is 16.2. The molecule has 25 heavy (non-hydrogen) atoms. The van der Waals surface area contributed by atoms with Crippen LogP contribution in [0.3, 0.4) is 0 Å². The average molecular weight is 347 g/mol. The summed E-state index contributed by atoms with van der Waals surface area (Å²) in [5.74, 6) is 0.819. The summed E-state index contributed by atoms with van der Waals surface area (Å²) in [6.07, 6.45) is 2.27. The molecule has 2 N–H and O–H groups in total. The van der Waals surface area contributed by atoms with Crippen LogP contribution in [0.25, 0.3) is 0 Å². The SMILES string of the molecule is CN=C(NCc1ccc(C(=O)N(C)C)cc1)NC(C)CCC(C)(C)C. The molecule has 1 amide bonds. The van der Waals surface area contributed by atoms with Crippen LogP contribution in [0.5, 0.6) is 0 Å². The Balaban J connectivity index is 2.50. The van der Waals surface area contributed by atoms with Crippen LogP contribution in [0.15, 0.2) is 29.3 Å². The molecule has 5 heteroatoms. The van der Waals surface area contributed by atoms with Gasteiger partial charge in [0.05, 0.1) is 0 Å². The van der Waals surface area contributed by atoms with Crippen molar-refractivity contribution in [1.29, 1.82) is 0 Å². The first-order valence-electron chi connectivity index (χ1n) is 8.90. The van der Waals surface area contributed by atoms with Crippen LogP contribution in [0.4, 0.5) is 0 Å². The van der Waals surface area contributed by atoms with Gasteiger partial charge in [-0.15, -0.1) is 0 Å². The van der Waals surface area contributed by atoms with Crippen LogP contribution in [0.1, 0.15) is 56.5 Å². The third-order valence-corrected chi connectivity index (χ3v) is 4.00. The van der Waals surface area contributed by atoms with Gasteiger partial charge in [-0.25, -0.2) is 0 Å². The maximum absolute atomic E-state index is 11.9. The van der Waals surface area contributed by atoms with Crippen LogP contribution >= 0.6 is 0 Å². The van der Waals surface area contributed by atoms with E-state index < -0.39 is 0 Å². The monoisotopic (exact) mass is 346 g/mol. The Bertz CT molecular complexity index is 570. The van der Waals surface area contributed by atoms with E-state index >= 15 is 0 Å². The lowest BCUT2D eigenvalue weighted by Gasteiger charge is -2.23. The highest BCUT2D eigenvalue weighted by Crippen LogP contribution is 2.21. The van der Waals surface area contributed by atoms with Crippen LogP contribution in [-0.4, -0.2) is 44.0 Å². The zero-order chi connectivity index (χ0) is 19.0. The zero-order valence-electron chi connectivity index (χ0n) is 16.8. The Morgan fingerprint density at radius 1 is 1.20 bits per heavy atom. The molecule has 0 saturated carbocycles. The number of hydrogen-bond acceptors (Lipinski definition) is 2. The molecule has 1 aromatic carbocycles. The quantitative estimate of drug-likeness (QED) is 0.614. The normalized spacial score (nSPS) is 13.3. The van der Waals surface area contributed by atoms with Crippen molar-refractivity contribution in [3.8, 4) is 0 Å². The molecule has 0 fully saturated rings. The van der Waals surface area contributed by atoms with Crippen molar-refractivity contribution in [2.24, 2.45) is 10.4 Å². The maximum Gasteiger partial charge on any atom is 0.253 e. The molecule has 5 nitrogen and oxygen atoms in total. The summed E-state index contributed by atoms with van der Waals surface area (Å²) < 4.78 is 0. The lowest BCUT2D eigenvalue weighted by atomic mass is 9.89. The van der Waals surface area contributed by atoms with Crippen LogP contribution in [-0.2, 0) is 6.54 Å². The van der Waals surface area contributed by atoms with Crippen molar-refractivity contribution >= 4 is 11.9 Å². The summed E-state index contributed by atoms with van der Waals surface area (Å²) >= 11 is 0. The zero-order valence-corrected chi connectivity index (χ0v) is 16.8. The Morgan fingerprint density at radius 2 is 1.80 bits per heavy atom. The topological polar surface area (TPSA) is 56.7 Å². The molecule has 0 radical (unpaired) electrons. The Morgan fingerprint density at radius 3 is 2.28 bits per heavy atom. The van der Waals surface area contributed by atoms with E-state index in [2.05, 4.69) is 43.3 Å². The number of aliphatic imine (C=N–C) groups is 1. The first kappa shape index (κ1) is 21.0. The predicted octanol–water partition coefficient (Wildman–Crippen LogP) is 3.27. The van der Waals surface area contributed by atoms with Gasteiger partial charge in [-0.2, -0.15) is 0 Å². The fraction of sp³-hybridized carbons (Fsp3) is 0.600. The number of carbonyl (C=O) groups is 1. The molecule has 0 bridgehead atoms. The van der Waals surface area contributed by atoms with Gasteiger partial charge in [0, 0.05) is 39.3 Å². The number of benzene rings is 1. The van der Waals surface area contributed by atoms with Crippen molar-refractivity contribution in [3.05, 3.63) is 35.4 Å². The second kappa shape index (κ2) is 9.44. The van der Waals surface area contributed by atoms with Crippen LogP contribution in [0.2, 0.25) is 0 Å². The van der Waals surface area contributed by atoms with Crippen LogP contribution in [0, 0.1) is 5.41 Å². The molecule has 1 atom stereocenters. The fourth-order valence-corrected chi connectivity index (χ4v) is 2.36. The molecule has 0 aliphatic heterocycles. The molecule has 0 aliphatic carbocycles. The smallest absolute Gasteiger partial charge is 0.253 e. The van der Waals surface area contributed by atoms with Crippen molar-refractivity contribution in [2.75, 3.05) is 21.1 Å². The summed E-state index contributed by atoms with van der Waals surface area (Å²) in [4.78, 5) is 17.8. The molecule has 140 valence electrons. The van der Waals surface area contributed by atoms with E-state index in [1.54, 1.807) is 26.0 Å². The minimum Gasteiger partial charge on any atom is -0.354 e. The van der Waals surface area contributed by atoms with Gasteiger partial charge in [0.25, 0.3) is 5.91 Å². The van der Waals surface area contributed by atoms with Crippen molar-refractivity contribution < 1.29 is 4.79 Å². The largest absolute Gasteiger partial charge is 0.354 e. The molecule has 0 spiro atoms. The van der Waals surface area contributed by atoms with Crippen molar-refractivity contribution in [3.63, 3.8) is 0 Å². The third kappa shape index (κ3) is 8.05. The molecule has 0 aliphatic rings. The maximum atomic E-state index is 11.9. The third-order valence-electron chi connectivity index (χ3n) is 4.00. The van der Waals surface area contributed by atoms with Gasteiger partial charge >= 0.3 is 0 Å². The van der Waals surface area contributed by atoms with Gasteiger partial charge in [-0.3, -0.25) is 9.79 Å². The number of amides is 1. The molecule has 1 rings (SSSR count). The highest BCUT2D eigenvalue weighted by Gasteiger charge is 2.13. The van der Waals surface area contributed by atoms with E-state index in [1.807, 2.05) is 24.3 Å². The summed E-state index contributed by atoms with van der Waals surface area (Å²) in [6, 6.07) is 8.04.